The number of carbonyl (C=O) groups is 1. The van der Waals surface area contributed by atoms with Crippen molar-refractivity contribution in [3.8, 4) is 11.5 Å². The molecule has 28 heavy (non-hydrogen) atoms. The molecule has 0 N–H and O–H groups in total. The molecule has 1 aromatic heterocycles. The number of rotatable bonds is 7. The van der Waals surface area contributed by atoms with Gasteiger partial charge < -0.3 is 14.0 Å². The Morgan fingerprint density at radius 2 is 1.82 bits per heavy atom. The summed E-state index contributed by atoms with van der Waals surface area (Å²) in [5.41, 5.74) is 3.15. The number of thiazole rings is 1. The monoisotopic (exact) mass is 416 g/mol. The molecule has 3 rings (SSSR count). The van der Waals surface area contributed by atoms with Gasteiger partial charge in [0.1, 0.15) is 0 Å². The lowest BCUT2D eigenvalue weighted by Gasteiger charge is -2.09. The molecule has 148 valence electrons. The third-order valence-electron chi connectivity index (χ3n) is 4.40. The van der Waals surface area contributed by atoms with Crippen LogP contribution in [0.2, 0.25) is 0 Å². The number of fused-ring (bicyclic) bond motifs is 1. The molecule has 2 aromatic carbocycles. The third kappa shape index (κ3) is 4.59. The van der Waals surface area contributed by atoms with Gasteiger partial charge in [0.25, 0.3) is 5.91 Å². The molecule has 3 aromatic rings. The van der Waals surface area contributed by atoms with Crippen LogP contribution in [0.15, 0.2) is 41.4 Å². The van der Waals surface area contributed by atoms with Gasteiger partial charge in [-0.25, -0.2) is 0 Å². The summed E-state index contributed by atoms with van der Waals surface area (Å²) in [6.07, 6.45) is 2.36. The minimum absolute atomic E-state index is 0.146. The summed E-state index contributed by atoms with van der Waals surface area (Å²) in [6, 6.07) is 11.9. The molecular formula is C21H24N2O3S2. The van der Waals surface area contributed by atoms with Gasteiger partial charge in [-0.1, -0.05) is 41.2 Å². The van der Waals surface area contributed by atoms with Crippen LogP contribution in [0.4, 0.5) is 0 Å². The van der Waals surface area contributed by atoms with Crippen LogP contribution in [0.5, 0.6) is 11.5 Å². The Morgan fingerprint density at radius 3 is 2.46 bits per heavy atom. The molecule has 0 unspecified atom stereocenters. The predicted molar refractivity (Wildman–Crippen MR) is 117 cm³/mol. The number of aromatic nitrogens is 1. The van der Waals surface area contributed by atoms with E-state index in [0.29, 0.717) is 22.7 Å². The summed E-state index contributed by atoms with van der Waals surface area (Å²) in [5, 5.41) is 0. The lowest BCUT2D eigenvalue weighted by molar-refractivity contribution is -0.117. The van der Waals surface area contributed by atoms with Gasteiger partial charge in [0.2, 0.25) is 0 Å². The second-order valence-electron chi connectivity index (χ2n) is 6.37. The standard InChI is InChI=1S/C21H24N2O3S2/c1-14-5-7-15(8-6-14)11-20(24)22-21-23(9-10-27-4)16-12-17(25-2)18(26-3)13-19(16)28-21/h5-8,12-13H,9-11H2,1-4H3. The highest BCUT2D eigenvalue weighted by Gasteiger charge is 2.13. The van der Waals surface area contributed by atoms with E-state index in [9.17, 15) is 4.79 Å². The van der Waals surface area contributed by atoms with E-state index >= 15 is 0 Å². The Kier molecular flexibility index (Phi) is 6.80. The van der Waals surface area contributed by atoms with E-state index in [0.717, 1.165) is 28.1 Å². The largest absolute Gasteiger partial charge is 0.493 e. The number of methoxy groups -OCH3 is 2. The third-order valence-corrected chi connectivity index (χ3v) is 6.04. The SMILES string of the molecule is COc1cc2sc(=NC(=O)Cc3ccc(C)cc3)n(CCSC)c2cc1OC. The smallest absolute Gasteiger partial charge is 0.252 e. The first-order valence-corrected chi connectivity index (χ1v) is 11.1. The van der Waals surface area contributed by atoms with Gasteiger partial charge in [0, 0.05) is 24.4 Å². The van der Waals surface area contributed by atoms with Gasteiger partial charge in [-0.3, -0.25) is 4.79 Å². The topological polar surface area (TPSA) is 52.8 Å². The number of thioether (sulfide) groups is 1. The molecular weight excluding hydrogens is 392 g/mol. The van der Waals surface area contributed by atoms with Crippen LogP contribution in [-0.4, -0.2) is 36.7 Å². The molecule has 0 aliphatic heterocycles. The second-order valence-corrected chi connectivity index (χ2v) is 8.37. The highest BCUT2D eigenvalue weighted by atomic mass is 32.2. The number of nitrogens with zero attached hydrogens (tertiary/aromatic N) is 2. The summed E-state index contributed by atoms with van der Waals surface area (Å²) in [7, 11) is 3.24. The van der Waals surface area contributed by atoms with E-state index in [2.05, 4.69) is 15.8 Å². The highest BCUT2D eigenvalue weighted by molar-refractivity contribution is 7.98. The minimum atomic E-state index is -0.146. The quantitative estimate of drug-likeness (QED) is 0.583. The number of aryl methyl sites for hydroxylation is 2. The second kappa shape index (κ2) is 9.30. The van der Waals surface area contributed by atoms with Gasteiger partial charge in [-0.05, 0) is 18.7 Å². The van der Waals surface area contributed by atoms with E-state index in [1.54, 1.807) is 26.0 Å². The number of hydrogen-bond donors (Lipinski definition) is 0. The lowest BCUT2D eigenvalue weighted by atomic mass is 10.1. The molecule has 0 atom stereocenters. The van der Waals surface area contributed by atoms with Crippen molar-refractivity contribution in [2.24, 2.45) is 4.99 Å². The number of benzene rings is 2. The summed E-state index contributed by atoms with van der Waals surface area (Å²) in [6.45, 7) is 2.80. The van der Waals surface area contributed by atoms with E-state index in [1.807, 2.05) is 43.3 Å². The average Bonchev–Trinajstić information content (AvgIpc) is 3.02. The molecule has 0 aliphatic carbocycles. The Labute approximate surface area is 173 Å². The van der Waals surface area contributed by atoms with Crippen molar-refractivity contribution in [1.29, 1.82) is 0 Å². The maximum Gasteiger partial charge on any atom is 0.252 e. The molecule has 1 heterocycles. The first-order chi connectivity index (χ1) is 13.5. The van der Waals surface area contributed by atoms with Crippen molar-refractivity contribution in [1.82, 2.24) is 4.57 Å². The molecule has 0 saturated heterocycles. The fourth-order valence-corrected chi connectivity index (χ4v) is 4.36. The van der Waals surface area contributed by atoms with Crippen LogP contribution < -0.4 is 14.3 Å². The van der Waals surface area contributed by atoms with Crippen molar-refractivity contribution in [3.05, 3.63) is 52.3 Å². The zero-order valence-electron chi connectivity index (χ0n) is 16.5. The lowest BCUT2D eigenvalue weighted by Crippen LogP contribution is -2.18. The molecule has 0 spiro atoms. The van der Waals surface area contributed by atoms with Crippen molar-refractivity contribution >= 4 is 39.2 Å². The summed E-state index contributed by atoms with van der Waals surface area (Å²) >= 11 is 3.25. The van der Waals surface area contributed by atoms with Crippen LogP contribution in [0, 0.1) is 6.92 Å². The van der Waals surface area contributed by atoms with E-state index in [1.165, 1.54) is 16.9 Å². The van der Waals surface area contributed by atoms with Crippen molar-refractivity contribution in [2.75, 3.05) is 26.2 Å². The van der Waals surface area contributed by atoms with Crippen LogP contribution in [0.1, 0.15) is 11.1 Å². The van der Waals surface area contributed by atoms with E-state index in [-0.39, 0.29) is 5.91 Å². The maximum atomic E-state index is 12.6. The average molecular weight is 417 g/mol. The van der Waals surface area contributed by atoms with E-state index < -0.39 is 0 Å². The highest BCUT2D eigenvalue weighted by Crippen LogP contribution is 2.33. The molecule has 0 bridgehead atoms. The van der Waals surface area contributed by atoms with Gasteiger partial charge in [0.05, 0.1) is 30.9 Å². The normalized spacial score (nSPS) is 11.8. The molecule has 0 radical (unpaired) electrons. The molecule has 0 aliphatic rings. The van der Waals surface area contributed by atoms with Gasteiger partial charge >= 0.3 is 0 Å². The molecule has 5 nitrogen and oxygen atoms in total. The fraction of sp³-hybridized carbons (Fsp3) is 0.333. The first kappa shape index (κ1) is 20.5. The number of ether oxygens (including phenoxy) is 2. The fourth-order valence-electron chi connectivity index (χ4n) is 2.91. The summed E-state index contributed by atoms with van der Waals surface area (Å²) < 4.78 is 14.0. The van der Waals surface area contributed by atoms with Crippen molar-refractivity contribution in [3.63, 3.8) is 0 Å². The van der Waals surface area contributed by atoms with Gasteiger partial charge in [-0.15, -0.1) is 0 Å². The summed E-state index contributed by atoms with van der Waals surface area (Å²) in [5.74, 6) is 2.13. The van der Waals surface area contributed by atoms with Crippen LogP contribution in [0.25, 0.3) is 10.2 Å². The van der Waals surface area contributed by atoms with Crippen LogP contribution >= 0.6 is 23.1 Å². The summed E-state index contributed by atoms with van der Waals surface area (Å²) in [4.78, 5) is 17.7. The Morgan fingerprint density at radius 1 is 1.14 bits per heavy atom. The molecule has 0 fully saturated rings. The first-order valence-electron chi connectivity index (χ1n) is 8.93. The van der Waals surface area contributed by atoms with Gasteiger partial charge in [0.15, 0.2) is 16.3 Å². The molecule has 1 amide bonds. The predicted octanol–water partition coefficient (Wildman–Crippen LogP) is 4.06. The van der Waals surface area contributed by atoms with Crippen LogP contribution in [0.3, 0.4) is 0 Å². The molecule has 0 saturated carbocycles. The zero-order valence-corrected chi connectivity index (χ0v) is 18.2. The Hall–Kier alpha value is -2.25. The zero-order chi connectivity index (χ0) is 20.1. The van der Waals surface area contributed by atoms with Crippen molar-refractivity contribution in [2.45, 2.75) is 19.9 Å². The van der Waals surface area contributed by atoms with Crippen LogP contribution in [-0.2, 0) is 17.8 Å². The Bertz CT molecular complexity index is 1040. The van der Waals surface area contributed by atoms with Crippen molar-refractivity contribution < 1.29 is 14.3 Å². The number of hydrogen-bond acceptors (Lipinski definition) is 5. The number of amides is 1. The maximum absolute atomic E-state index is 12.6. The molecule has 7 heteroatoms. The van der Waals surface area contributed by atoms with E-state index in [4.69, 9.17) is 9.47 Å². The Balaban J connectivity index is 2.03. The minimum Gasteiger partial charge on any atom is -0.493 e. The number of carbonyl (C=O) groups excluding carboxylic acids is 1. The van der Waals surface area contributed by atoms with Gasteiger partial charge in [-0.2, -0.15) is 16.8 Å².